The summed E-state index contributed by atoms with van der Waals surface area (Å²) in [4.78, 5) is 9.54. The third-order valence-electron chi connectivity index (χ3n) is 6.16. The lowest BCUT2D eigenvalue weighted by molar-refractivity contribution is 0.306. The van der Waals surface area contributed by atoms with Crippen LogP contribution in [-0.4, -0.2) is 54.6 Å². The molecule has 2 heterocycles. The first-order chi connectivity index (χ1) is 16.1. The Kier molecular flexibility index (Phi) is 6.15. The first-order valence-corrected chi connectivity index (χ1v) is 11.9. The molecule has 0 saturated carbocycles. The molecule has 6 nitrogen and oxygen atoms in total. The zero-order valence-corrected chi connectivity index (χ0v) is 20.1. The maximum atomic E-state index is 6.15. The zero-order chi connectivity index (χ0) is 22.8. The third-order valence-corrected chi connectivity index (χ3v) is 6.85. The summed E-state index contributed by atoms with van der Waals surface area (Å²) in [5.41, 5.74) is 3.59. The second-order valence-electron chi connectivity index (χ2n) is 8.43. The van der Waals surface area contributed by atoms with Gasteiger partial charge >= 0.3 is 0 Å². The summed E-state index contributed by atoms with van der Waals surface area (Å²) >= 11 is 1.38. The molecule has 1 aliphatic heterocycles. The van der Waals surface area contributed by atoms with E-state index < -0.39 is 0 Å². The van der Waals surface area contributed by atoms with Gasteiger partial charge in [0.1, 0.15) is 18.1 Å². The number of rotatable bonds is 6. The van der Waals surface area contributed by atoms with Crippen molar-refractivity contribution in [2.45, 2.75) is 13.5 Å². The maximum Gasteiger partial charge on any atom is 0.173 e. The molecule has 33 heavy (non-hydrogen) atoms. The highest BCUT2D eigenvalue weighted by molar-refractivity contribution is 7.05. The number of ether oxygens (including phenoxy) is 2. The molecule has 0 radical (unpaired) electrons. The molecule has 1 saturated heterocycles. The smallest absolute Gasteiger partial charge is 0.173 e. The van der Waals surface area contributed by atoms with Crippen LogP contribution in [0.1, 0.15) is 10.6 Å². The molecule has 5 rings (SSSR count). The van der Waals surface area contributed by atoms with Gasteiger partial charge in [0.15, 0.2) is 10.8 Å². The van der Waals surface area contributed by atoms with Crippen LogP contribution in [0.3, 0.4) is 0 Å². The summed E-state index contributed by atoms with van der Waals surface area (Å²) in [5, 5.41) is 3.33. The van der Waals surface area contributed by atoms with Crippen LogP contribution in [-0.2, 0) is 6.61 Å². The summed E-state index contributed by atoms with van der Waals surface area (Å²) in [6, 6.07) is 18.5. The van der Waals surface area contributed by atoms with Crippen LogP contribution in [0.25, 0.3) is 22.2 Å². The van der Waals surface area contributed by atoms with Crippen molar-refractivity contribution < 1.29 is 9.47 Å². The first-order valence-electron chi connectivity index (χ1n) is 11.2. The Balaban J connectivity index is 1.34. The molecule has 0 unspecified atom stereocenters. The van der Waals surface area contributed by atoms with Gasteiger partial charge in [-0.1, -0.05) is 18.2 Å². The topological polar surface area (TPSA) is 50.7 Å². The van der Waals surface area contributed by atoms with Crippen molar-refractivity contribution in [3.63, 3.8) is 0 Å². The fourth-order valence-corrected chi connectivity index (χ4v) is 4.82. The predicted octanol–water partition coefficient (Wildman–Crippen LogP) is 5.01. The Labute approximate surface area is 198 Å². The lowest BCUT2D eigenvalue weighted by Crippen LogP contribution is -2.44. The van der Waals surface area contributed by atoms with Crippen LogP contribution in [0.5, 0.6) is 11.5 Å². The monoisotopic (exact) mass is 460 g/mol. The molecule has 0 aliphatic carbocycles. The normalized spacial score (nSPS) is 14.6. The van der Waals surface area contributed by atoms with Gasteiger partial charge in [-0.3, -0.25) is 0 Å². The molecule has 0 spiro atoms. The van der Waals surface area contributed by atoms with Crippen LogP contribution in [0.15, 0.2) is 54.6 Å². The predicted molar refractivity (Wildman–Crippen MR) is 135 cm³/mol. The Morgan fingerprint density at radius 2 is 1.67 bits per heavy atom. The van der Waals surface area contributed by atoms with Crippen molar-refractivity contribution in [3.8, 4) is 22.9 Å². The van der Waals surface area contributed by atoms with Gasteiger partial charge < -0.3 is 19.3 Å². The van der Waals surface area contributed by atoms with E-state index in [1.165, 1.54) is 33.6 Å². The van der Waals surface area contributed by atoms with Crippen LogP contribution < -0.4 is 14.4 Å². The second-order valence-corrected chi connectivity index (χ2v) is 9.27. The van der Waals surface area contributed by atoms with E-state index in [-0.39, 0.29) is 0 Å². The van der Waals surface area contributed by atoms with Crippen molar-refractivity contribution in [2.75, 3.05) is 45.2 Å². The fraction of sp³-hybridized carbons (Fsp3) is 0.308. The van der Waals surface area contributed by atoms with Gasteiger partial charge in [-0.25, -0.2) is 4.98 Å². The molecular formula is C26H28N4O2S. The number of hydrogen-bond acceptors (Lipinski definition) is 7. The molecule has 1 aromatic heterocycles. The van der Waals surface area contributed by atoms with Gasteiger partial charge in [0.2, 0.25) is 0 Å². The molecule has 0 atom stereocenters. The van der Waals surface area contributed by atoms with E-state index in [0.29, 0.717) is 12.4 Å². The quantitative estimate of drug-likeness (QED) is 0.403. The highest BCUT2D eigenvalue weighted by atomic mass is 32.1. The number of aryl methyl sites for hydroxylation is 1. The van der Waals surface area contributed by atoms with Crippen molar-refractivity contribution in [1.29, 1.82) is 0 Å². The highest BCUT2D eigenvalue weighted by Gasteiger charge is 2.18. The molecule has 0 amide bonds. The number of aromatic nitrogens is 2. The number of benzene rings is 3. The van der Waals surface area contributed by atoms with Crippen molar-refractivity contribution in [1.82, 2.24) is 14.3 Å². The second kappa shape index (κ2) is 9.37. The molecule has 170 valence electrons. The first kappa shape index (κ1) is 21.7. The number of hydrogen-bond donors (Lipinski definition) is 0. The standard InChI is InChI=1S/C26H28N4O2S/c1-18-4-5-19-6-11-22(16-23(19)25(18)30-14-12-29(2)13-15-30)32-17-24-27-26(28-33-24)20-7-9-21(31-3)10-8-20/h4-11,16H,12-15,17H2,1-3H3. The summed E-state index contributed by atoms with van der Waals surface area (Å²) < 4.78 is 15.9. The average Bonchev–Trinajstić information content (AvgIpc) is 3.32. The summed E-state index contributed by atoms with van der Waals surface area (Å²) in [6.45, 7) is 6.84. The lowest BCUT2D eigenvalue weighted by Gasteiger charge is -2.35. The number of anilines is 1. The summed E-state index contributed by atoms with van der Waals surface area (Å²) in [7, 11) is 3.85. The molecule has 0 bridgehead atoms. The lowest BCUT2D eigenvalue weighted by atomic mass is 10.0. The Bertz CT molecular complexity index is 1250. The average molecular weight is 461 g/mol. The number of likely N-dealkylation sites (N-methyl/N-ethyl adjacent to an activating group) is 1. The maximum absolute atomic E-state index is 6.15. The van der Waals surface area contributed by atoms with E-state index in [1.807, 2.05) is 30.3 Å². The van der Waals surface area contributed by atoms with E-state index in [2.05, 4.69) is 57.4 Å². The molecule has 1 aliphatic rings. The van der Waals surface area contributed by atoms with Crippen LogP contribution >= 0.6 is 11.5 Å². The Hall–Kier alpha value is -3.16. The van der Waals surface area contributed by atoms with Gasteiger partial charge in [-0.15, -0.1) is 0 Å². The van der Waals surface area contributed by atoms with Gasteiger partial charge in [-0.2, -0.15) is 4.37 Å². The van der Waals surface area contributed by atoms with E-state index in [0.717, 1.165) is 48.2 Å². The van der Waals surface area contributed by atoms with E-state index in [1.54, 1.807) is 7.11 Å². The van der Waals surface area contributed by atoms with Crippen molar-refractivity contribution >= 4 is 28.0 Å². The van der Waals surface area contributed by atoms with E-state index in [9.17, 15) is 0 Å². The molecule has 3 aromatic carbocycles. The summed E-state index contributed by atoms with van der Waals surface area (Å²) in [6.07, 6.45) is 0. The van der Waals surface area contributed by atoms with Gasteiger partial charge in [0, 0.05) is 42.8 Å². The van der Waals surface area contributed by atoms with Gasteiger partial charge in [-0.05, 0) is 72.9 Å². The van der Waals surface area contributed by atoms with Gasteiger partial charge in [0.05, 0.1) is 7.11 Å². The minimum Gasteiger partial charge on any atom is -0.497 e. The Morgan fingerprint density at radius 1 is 0.939 bits per heavy atom. The van der Waals surface area contributed by atoms with Crippen molar-refractivity contribution in [2.24, 2.45) is 0 Å². The molecule has 1 fully saturated rings. The van der Waals surface area contributed by atoms with E-state index in [4.69, 9.17) is 9.47 Å². The molecular weight excluding hydrogens is 432 g/mol. The van der Waals surface area contributed by atoms with Crippen LogP contribution in [0, 0.1) is 6.92 Å². The highest BCUT2D eigenvalue weighted by Crippen LogP contribution is 2.34. The fourth-order valence-electron chi connectivity index (χ4n) is 4.25. The van der Waals surface area contributed by atoms with Gasteiger partial charge in [0.25, 0.3) is 0 Å². The molecule has 7 heteroatoms. The zero-order valence-electron chi connectivity index (χ0n) is 19.2. The number of nitrogens with zero attached hydrogens (tertiary/aromatic N) is 4. The molecule has 0 N–H and O–H groups in total. The summed E-state index contributed by atoms with van der Waals surface area (Å²) in [5.74, 6) is 2.39. The number of fused-ring (bicyclic) bond motifs is 1. The largest absolute Gasteiger partial charge is 0.497 e. The minimum atomic E-state index is 0.398. The van der Waals surface area contributed by atoms with Crippen LogP contribution in [0.4, 0.5) is 5.69 Å². The van der Waals surface area contributed by atoms with Crippen LogP contribution in [0.2, 0.25) is 0 Å². The molecule has 4 aromatic rings. The third kappa shape index (κ3) is 4.65. The number of methoxy groups -OCH3 is 1. The SMILES string of the molecule is COc1ccc(-c2nsc(COc3ccc4ccc(C)c(N5CCN(C)CC5)c4c3)n2)cc1. The number of piperazine rings is 1. The van der Waals surface area contributed by atoms with Crippen molar-refractivity contribution in [3.05, 3.63) is 65.2 Å². The Morgan fingerprint density at radius 3 is 2.42 bits per heavy atom. The minimum absolute atomic E-state index is 0.398. The van der Waals surface area contributed by atoms with E-state index >= 15 is 0 Å².